The molecule has 0 aliphatic rings. The van der Waals surface area contributed by atoms with Gasteiger partial charge in [-0.2, -0.15) is 0 Å². The van der Waals surface area contributed by atoms with Crippen LogP contribution in [0.25, 0.3) is 0 Å². The Labute approximate surface area is 241 Å². The SMILES string of the molecule is CC(C)C[C@@H](C=O)NC(=O)N(CCc1ccccn1)CC(O)C(Cc1ccccc1)NC(=O)OCc1ccccc1. The summed E-state index contributed by atoms with van der Waals surface area (Å²) in [6, 6.07) is 22.5. The van der Waals surface area contributed by atoms with Crippen molar-refractivity contribution in [1.82, 2.24) is 20.5 Å². The van der Waals surface area contributed by atoms with Gasteiger partial charge in [-0.25, -0.2) is 9.59 Å². The summed E-state index contributed by atoms with van der Waals surface area (Å²) in [6.07, 6.45) is 1.88. The maximum absolute atomic E-state index is 13.3. The fraction of sp³-hybridized carbons (Fsp3) is 0.375. The van der Waals surface area contributed by atoms with Crippen molar-refractivity contribution in [3.8, 4) is 0 Å². The van der Waals surface area contributed by atoms with Gasteiger partial charge in [-0.15, -0.1) is 0 Å². The number of ether oxygens (including phenoxy) is 1. The molecule has 0 radical (unpaired) electrons. The molecule has 3 amide bonds. The molecule has 0 fully saturated rings. The Morgan fingerprint density at radius 1 is 0.951 bits per heavy atom. The molecule has 0 aliphatic heterocycles. The Bertz CT molecular complexity index is 1190. The standard InChI is InChI=1S/C32H40N4O5/c1-24(2)19-28(22-37)34-31(39)36(18-16-27-15-9-10-17-33-27)21-30(38)29(20-25-11-5-3-6-12-25)35-32(40)41-23-26-13-7-4-8-14-26/h3-15,17,22,24,28-30,38H,16,18-21,23H2,1-2H3,(H,34,39)(H,35,40)/t28-,29?,30?/m0/s1. The smallest absolute Gasteiger partial charge is 0.407 e. The van der Waals surface area contributed by atoms with Crippen LogP contribution in [0.4, 0.5) is 9.59 Å². The fourth-order valence-electron chi connectivity index (χ4n) is 4.40. The van der Waals surface area contributed by atoms with E-state index in [0.717, 1.165) is 23.1 Å². The number of urea groups is 1. The van der Waals surface area contributed by atoms with Crippen molar-refractivity contribution in [3.05, 3.63) is 102 Å². The molecule has 3 aromatic rings. The number of amides is 3. The lowest BCUT2D eigenvalue weighted by molar-refractivity contribution is -0.109. The highest BCUT2D eigenvalue weighted by molar-refractivity contribution is 5.78. The molecule has 3 rings (SSSR count). The molecule has 218 valence electrons. The predicted molar refractivity (Wildman–Crippen MR) is 157 cm³/mol. The van der Waals surface area contributed by atoms with Crippen LogP contribution in [0.15, 0.2) is 85.1 Å². The van der Waals surface area contributed by atoms with E-state index in [2.05, 4.69) is 15.6 Å². The van der Waals surface area contributed by atoms with Crippen molar-refractivity contribution >= 4 is 18.4 Å². The summed E-state index contributed by atoms with van der Waals surface area (Å²) in [4.78, 5) is 43.5. The number of benzene rings is 2. The molecule has 9 nitrogen and oxygen atoms in total. The number of aldehydes is 1. The number of nitrogens with one attached hydrogen (secondary N) is 2. The van der Waals surface area contributed by atoms with Gasteiger partial charge in [-0.05, 0) is 42.0 Å². The van der Waals surface area contributed by atoms with E-state index in [1.807, 2.05) is 92.7 Å². The average Bonchev–Trinajstić information content (AvgIpc) is 2.98. The van der Waals surface area contributed by atoms with E-state index in [-0.39, 0.29) is 25.6 Å². The first-order valence-corrected chi connectivity index (χ1v) is 13.9. The van der Waals surface area contributed by atoms with Gasteiger partial charge in [0.1, 0.15) is 12.9 Å². The maximum atomic E-state index is 13.3. The number of aliphatic hydroxyl groups is 1. The maximum Gasteiger partial charge on any atom is 0.407 e. The van der Waals surface area contributed by atoms with Gasteiger partial charge in [-0.1, -0.05) is 80.6 Å². The summed E-state index contributed by atoms with van der Waals surface area (Å²) in [5.41, 5.74) is 2.53. The van der Waals surface area contributed by atoms with E-state index in [4.69, 9.17) is 4.74 Å². The molecule has 1 heterocycles. The van der Waals surface area contributed by atoms with Crippen LogP contribution in [0.3, 0.4) is 0 Å². The summed E-state index contributed by atoms with van der Waals surface area (Å²) in [5.74, 6) is 0.208. The van der Waals surface area contributed by atoms with E-state index in [1.165, 1.54) is 4.90 Å². The monoisotopic (exact) mass is 560 g/mol. The summed E-state index contributed by atoms with van der Waals surface area (Å²) in [5, 5.41) is 17.0. The van der Waals surface area contributed by atoms with E-state index in [9.17, 15) is 19.5 Å². The van der Waals surface area contributed by atoms with Gasteiger partial charge in [-0.3, -0.25) is 4.98 Å². The van der Waals surface area contributed by atoms with Crippen LogP contribution in [0.2, 0.25) is 0 Å². The molecule has 3 N–H and O–H groups in total. The Morgan fingerprint density at radius 3 is 2.22 bits per heavy atom. The number of aromatic nitrogens is 1. The summed E-state index contributed by atoms with van der Waals surface area (Å²) >= 11 is 0. The van der Waals surface area contributed by atoms with E-state index >= 15 is 0 Å². The number of pyridine rings is 1. The second kappa shape index (κ2) is 16.8. The lowest BCUT2D eigenvalue weighted by atomic mass is 10.0. The van der Waals surface area contributed by atoms with Crippen LogP contribution in [0.5, 0.6) is 0 Å². The number of aliphatic hydroxyl groups excluding tert-OH is 1. The molecular formula is C32H40N4O5. The summed E-state index contributed by atoms with van der Waals surface area (Å²) in [7, 11) is 0. The number of carbonyl (C=O) groups excluding carboxylic acids is 3. The Hall–Kier alpha value is -4.24. The zero-order chi connectivity index (χ0) is 29.5. The molecule has 0 spiro atoms. The van der Waals surface area contributed by atoms with Gasteiger partial charge in [0.2, 0.25) is 0 Å². The van der Waals surface area contributed by atoms with E-state index in [0.29, 0.717) is 19.3 Å². The van der Waals surface area contributed by atoms with Crippen LogP contribution in [-0.4, -0.2) is 64.7 Å². The zero-order valence-corrected chi connectivity index (χ0v) is 23.7. The van der Waals surface area contributed by atoms with Gasteiger partial charge in [0.25, 0.3) is 0 Å². The second-order valence-corrected chi connectivity index (χ2v) is 10.4. The number of alkyl carbamates (subject to hydrolysis) is 1. The van der Waals surface area contributed by atoms with E-state index in [1.54, 1.807) is 6.20 Å². The van der Waals surface area contributed by atoms with Crippen LogP contribution >= 0.6 is 0 Å². The molecule has 2 aromatic carbocycles. The predicted octanol–water partition coefficient (Wildman–Crippen LogP) is 4.15. The number of carbonyl (C=O) groups is 3. The topological polar surface area (TPSA) is 121 Å². The molecule has 3 atom stereocenters. The normalized spacial score (nSPS) is 13.1. The van der Waals surface area contributed by atoms with Gasteiger partial charge < -0.3 is 30.2 Å². The number of rotatable bonds is 15. The van der Waals surface area contributed by atoms with Gasteiger partial charge in [0.15, 0.2) is 0 Å². The third-order valence-corrected chi connectivity index (χ3v) is 6.54. The average molecular weight is 561 g/mol. The molecule has 1 aromatic heterocycles. The molecule has 41 heavy (non-hydrogen) atoms. The first-order chi connectivity index (χ1) is 19.8. The van der Waals surface area contributed by atoms with Gasteiger partial charge in [0, 0.05) is 24.9 Å². The molecule has 0 aliphatic carbocycles. The van der Waals surface area contributed by atoms with Crippen LogP contribution < -0.4 is 10.6 Å². The van der Waals surface area contributed by atoms with Crippen molar-refractivity contribution in [1.29, 1.82) is 0 Å². The van der Waals surface area contributed by atoms with Crippen molar-refractivity contribution in [2.75, 3.05) is 13.1 Å². The largest absolute Gasteiger partial charge is 0.445 e. The lowest BCUT2D eigenvalue weighted by Gasteiger charge is -2.31. The minimum Gasteiger partial charge on any atom is -0.445 e. The van der Waals surface area contributed by atoms with Crippen molar-refractivity contribution in [2.45, 2.75) is 57.9 Å². The summed E-state index contributed by atoms with van der Waals surface area (Å²) in [6.45, 7) is 4.21. The summed E-state index contributed by atoms with van der Waals surface area (Å²) < 4.78 is 5.41. The minimum absolute atomic E-state index is 0.0810. The Kier molecular flexibility index (Phi) is 12.8. The Balaban J connectivity index is 1.74. The van der Waals surface area contributed by atoms with E-state index < -0.39 is 30.3 Å². The fourth-order valence-corrected chi connectivity index (χ4v) is 4.40. The number of nitrogens with zero attached hydrogens (tertiary/aromatic N) is 2. The second-order valence-electron chi connectivity index (χ2n) is 10.4. The molecule has 9 heteroatoms. The molecule has 2 unspecified atom stereocenters. The molecule has 0 saturated heterocycles. The highest BCUT2D eigenvalue weighted by atomic mass is 16.5. The van der Waals surface area contributed by atoms with Gasteiger partial charge >= 0.3 is 12.1 Å². The van der Waals surface area contributed by atoms with Crippen LogP contribution in [0.1, 0.15) is 37.1 Å². The van der Waals surface area contributed by atoms with Crippen LogP contribution in [-0.2, 0) is 29.0 Å². The minimum atomic E-state index is -1.13. The van der Waals surface area contributed by atoms with Crippen molar-refractivity contribution < 1.29 is 24.2 Å². The number of hydrogen-bond donors (Lipinski definition) is 3. The lowest BCUT2D eigenvalue weighted by Crippen LogP contribution is -2.54. The number of hydrogen-bond acceptors (Lipinski definition) is 6. The first kappa shape index (κ1) is 31.3. The molecular weight excluding hydrogens is 520 g/mol. The molecule has 0 bridgehead atoms. The third-order valence-electron chi connectivity index (χ3n) is 6.54. The molecule has 0 saturated carbocycles. The quantitative estimate of drug-likeness (QED) is 0.240. The van der Waals surface area contributed by atoms with Gasteiger partial charge in [0.05, 0.1) is 24.7 Å². The van der Waals surface area contributed by atoms with Crippen molar-refractivity contribution in [2.24, 2.45) is 5.92 Å². The third kappa shape index (κ3) is 11.4. The first-order valence-electron chi connectivity index (χ1n) is 13.9. The highest BCUT2D eigenvalue weighted by Crippen LogP contribution is 2.11. The van der Waals surface area contributed by atoms with Crippen LogP contribution in [0, 0.1) is 5.92 Å². The Morgan fingerprint density at radius 2 is 1.61 bits per heavy atom. The van der Waals surface area contributed by atoms with Crippen molar-refractivity contribution in [3.63, 3.8) is 0 Å². The zero-order valence-electron chi connectivity index (χ0n) is 23.7. The highest BCUT2D eigenvalue weighted by Gasteiger charge is 2.28.